The molecule has 0 N–H and O–H groups in total. The molecule has 4 heteroatoms. The van der Waals surface area contributed by atoms with Crippen LogP contribution >= 0.6 is 11.8 Å². The predicted octanol–water partition coefficient (Wildman–Crippen LogP) is 2.64. The van der Waals surface area contributed by atoms with Crippen molar-refractivity contribution >= 4 is 17.4 Å². The van der Waals surface area contributed by atoms with Crippen LogP contribution in [0.1, 0.15) is 12.1 Å². The second-order valence-corrected chi connectivity index (χ2v) is 5.62. The Labute approximate surface area is 105 Å². The van der Waals surface area contributed by atoms with E-state index in [1.807, 2.05) is 18.3 Å². The van der Waals surface area contributed by atoms with Crippen LogP contribution in [-0.2, 0) is 6.42 Å². The molecule has 0 amide bonds. The summed E-state index contributed by atoms with van der Waals surface area (Å²) in [7, 11) is 1.69. The Balaban J connectivity index is 1.90. The average Bonchev–Trinajstić information content (AvgIpc) is 2.97. The van der Waals surface area contributed by atoms with Gasteiger partial charge < -0.3 is 9.14 Å². The highest BCUT2D eigenvalue weighted by atomic mass is 32.2. The number of rotatable bonds is 3. The van der Waals surface area contributed by atoms with E-state index < -0.39 is 0 Å². The lowest BCUT2D eigenvalue weighted by molar-refractivity contribution is 0.417. The normalized spacial score (nSPS) is 19.9. The molecule has 0 aliphatic carbocycles. The summed E-state index contributed by atoms with van der Waals surface area (Å²) in [5.41, 5.74) is 2.11. The molecule has 3 nitrogen and oxygen atoms in total. The van der Waals surface area contributed by atoms with Gasteiger partial charge in [-0.2, -0.15) is 11.8 Å². The summed E-state index contributed by atoms with van der Waals surface area (Å²) in [6.07, 6.45) is 6.58. The van der Waals surface area contributed by atoms with Gasteiger partial charge in [-0.05, 0) is 42.4 Å². The van der Waals surface area contributed by atoms with Crippen molar-refractivity contribution in [2.75, 3.05) is 18.6 Å². The smallest absolute Gasteiger partial charge is 0.179 e. The summed E-state index contributed by atoms with van der Waals surface area (Å²) in [4.78, 5) is 4.68. The molecule has 1 aliphatic heterocycles. The summed E-state index contributed by atoms with van der Waals surface area (Å²) in [5, 5.41) is 0. The molecule has 0 spiro atoms. The molecule has 1 saturated heterocycles. The summed E-state index contributed by atoms with van der Waals surface area (Å²) < 4.78 is 7.38. The number of nitrogens with zero attached hydrogens (tertiary/aromatic N) is 2. The standard InChI is InChI=1S/C13H16N2OS/c1-16-12-3-2-5-15-8-11(14-13(12)15)7-10-4-6-17-9-10/h2-3,5,8,10H,4,6-7,9H2,1H3. The Kier molecular flexibility index (Phi) is 2.97. The molecule has 90 valence electrons. The second-order valence-electron chi connectivity index (χ2n) is 4.47. The molecular weight excluding hydrogens is 232 g/mol. The average molecular weight is 248 g/mol. The minimum Gasteiger partial charge on any atom is -0.493 e. The Morgan fingerprint density at radius 2 is 2.53 bits per heavy atom. The lowest BCUT2D eigenvalue weighted by Gasteiger charge is -2.03. The molecule has 2 aromatic rings. The molecule has 1 atom stereocenters. The SMILES string of the molecule is COc1cccn2cc(CC3CCSC3)nc12. The van der Waals surface area contributed by atoms with Crippen molar-refractivity contribution in [3.63, 3.8) is 0 Å². The van der Waals surface area contributed by atoms with Crippen LogP contribution in [0.25, 0.3) is 5.65 Å². The van der Waals surface area contributed by atoms with Gasteiger partial charge in [0.05, 0.1) is 12.8 Å². The molecule has 1 aliphatic rings. The van der Waals surface area contributed by atoms with E-state index in [4.69, 9.17) is 4.74 Å². The third-order valence-corrected chi connectivity index (χ3v) is 4.47. The van der Waals surface area contributed by atoms with Crippen LogP contribution in [0.4, 0.5) is 0 Å². The Morgan fingerprint density at radius 1 is 1.59 bits per heavy atom. The number of fused-ring (bicyclic) bond motifs is 1. The monoisotopic (exact) mass is 248 g/mol. The maximum atomic E-state index is 5.32. The van der Waals surface area contributed by atoms with Gasteiger partial charge in [0.2, 0.25) is 0 Å². The van der Waals surface area contributed by atoms with Crippen LogP contribution in [0.2, 0.25) is 0 Å². The van der Waals surface area contributed by atoms with E-state index in [2.05, 4.69) is 27.3 Å². The third kappa shape index (κ3) is 2.14. The zero-order chi connectivity index (χ0) is 11.7. The van der Waals surface area contributed by atoms with Crippen molar-refractivity contribution in [1.82, 2.24) is 9.38 Å². The van der Waals surface area contributed by atoms with Crippen LogP contribution in [0, 0.1) is 5.92 Å². The minimum absolute atomic E-state index is 0.802. The molecular formula is C13H16N2OS. The molecule has 1 fully saturated rings. The highest BCUT2D eigenvalue weighted by Gasteiger charge is 2.17. The molecule has 3 rings (SSSR count). The first-order chi connectivity index (χ1) is 8.36. The zero-order valence-corrected chi connectivity index (χ0v) is 10.7. The van der Waals surface area contributed by atoms with Gasteiger partial charge in [0.15, 0.2) is 11.4 Å². The van der Waals surface area contributed by atoms with Crippen LogP contribution in [0.15, 0.2) is 24.5 Å². The molecule has 1 unspecified atom stereocenters. The van der Waals surface area contributed by atoms with E-state index in [9.17, 15) is 0 Å². The highest BCUT2D eigenvalue weighted by Crippen LogP contribution is 2.27. The number of aromatic nitrogens is 2. The van der Waals surface area contributed by atoms with E-state index in [0.29, 0.717) is 0 Å². The summed E-state index contributed by atoms with van der Waals surface area (Å²) in [6.45, 7) is 0. The van der Waals surface area contributed by atoms with Crippen molar-refractivity contribution in [2.45, 2.75) is 12.8 Å². The van der Waals surface area contributed by atoms with Crippen molar-refractivity contribution in [3.05, 3.63) is 30.2 Å². The van der Waals surface area contributed by atoms with Crippen LogP contribution in [0.5, 0.6) is 5.75 Å². The first-order valence-electron chi connectivity index (χ1n) is 5.95. The van der Waals surface area contributed by atoms with E-state index in [1.165, 1.54) is 23.6 Å². The lowest BCUT2D eigenvalue weighted by atomic mass is 10.0. The molecule has 0 bridgehead atoms. The van der Waals surface area contributed by atoms with Crippen molar-refractivity contribution < 1.29 is 4.74 Å². The fraction of sp³-hybridized carbons (Fsp3) is 0.462. The third-order valence-electron chi connectivity index (χ3n) is 3.24. The second kappa shape index (κ2) is 4.61. The predicted molar refractivity (Wildman–Crippen MR) is 70.9 cm³/mol. The first kappa shape index (κ1) is 11.0. The Morgan fingerprint density at radius 3 is 3.29 bits per heavy atom. The highest BCUT2D eigenvalue weighted by molar-refractivity contribution is 7.99. The Bertz CT molecular complexity index is 517. The van der Waals surface area contributed by atoms with Crippen molar-refractivity contribution in [2.24, 2.45) is 5.92 Å². The number of imidazole rings is 1. The van der Waals surface area contributed by atoms with Crippen molar-refractivity contribution in [1.29, 1.82) is 0 Å². The van der Waals surface area contributed by atoms with E-state index in [1.54, 1.807) is 7.11 Å². The fourth-order valence-corrected chi connectivity index (χ4v) is 3.62. The number of hydrogen-bond donors (Lipinski definition) is 0. The largest absolute Gasteiger partial charge is 0.493 e. The zero-order valence-electron chi connectivity index (χ0n) is 9.93. The molecule has 0 aromatic carbocycles. The van der Waals surface area contributed by atoms with Gasteiger partial charge in [0.25, 0.3) is 0 Å². The maximum Gasteiger partial charge on any atom is 0.179 e. The molecule has 3 heterocycles. The number of hydrogen-bond acceptors (Lipinski definition) is 3. The Hall–Kier alpha value is -1.16. The van der Waals surface area contributed by atoms with Gasteiger partial charge in [-0.25, -0.2) is 4.98 Å². The van der Waals surface area contributed by atoms with E-state index in [0.717, 1.165) is 23.7 Å². The van der Waals surface area contributed by atoms with E-state index in [-0.39, 0.29) is 0 Å². The fourth-order valence-electron chi connectivity index (χ4n) is 2.34. The first-order valence-corrected chi connectivity index (χ1v) is 7.10. The minimum atomic E-state index is 0.802. The van der Waals surface area contributed by atoms with Crippen LogP contribution in [0.3, 0.4) is 0 Å². The topological polar surface area (TPSA) is 26.5 Å². The van der Waals surface area contributed by atoms with Crippen LogP contribution < -0.4 is 4.74 Å². The van der Waals surface area contributed by atoms with Gasteiger partial charge >= 0.3 is 0 Å². The van der Waals surface area contributed by atoms with Gasteiger partial charge in [-0.15, -0.1) is 0 Å². The number of pyridine rings is 1. The molecule has 17 heavy (non-hydrogen) atoms. The maximum absolute atomic E-state index is 5.32. The quantitative estimate of drug-likeness (QED) is 0.835. The van der Waals surface area contributed by atoms with Crippen LogP contribution in [-0.4, -0.2) is 28.0 Å². The summed E-state index contributed by atoms with van der Waals surface area (Å²) in [5.74, 6) is 4.24. The molecule has 2 aromatic heterocycles. The summed E-state index contributed by atoms with van der Waals surface area (Å²) >= 11 is 2.06. The molecule has 0 saturated carbocycles. The lowest BCUT2D eigenvalue weighted by Crippen LogP contribution is -2.02. The number of methoxy groups -OCH3 is 1. The van der Waals surface area contributed by atoms with E-state index >= 15 is 0 Å². The molecule has 0 radical (unpaired) electrons. The number of thioether (sulfide) groups is 1. The number of ether oxygens (including phenoxy) is 1. The van der Waals surface area contributed by atoms with Gasteiger partial charge in [0, 0.05) is 12.4 Å². The summed E-state index contributed by atoms with van der Waals surface area (Å²) in [6, 6.07) is 3.94. The van der Waals surface area contributed by atoms with Gasteiger partial charge in [0.1, 0.15) is 0 Å². The van der Waals surface area contributed by atoms with Crippen molar-refractivity contribution in [3.8, 4) is 5.75 Å². The van der Waals surface area contributed by atoms with Gasteiger partial charge in [-0.1, -0.05) is 0 Å². The van der Waals surface area contributed by atoms with Gasteiger partial charge in [-0.3, -0.25) is 0 Å².